The number of esters is 1. The lowest BCUT2D eigenvalue weighted by Gasteiger charge is -2.16. The first kappa shape index (κ1) is 12.7. The lowest BCUT2D eigenvalue weighted by molar-refractivity contribution is 0.0602. The Hall–Kier alpha value is -1.71. The number of benzene rings is 1. The van der Waals surface area contributed by atoms with Crippen molar-refractivity contribution in [3.8, 4) is 0 Å². The maximum atomic E-state index is 11.7. The van der Waals surface area contributed by atoms with Crippen LogP contribution in [0.25, 0.3) is 0 Å². The van der Waals surface area contributed by atoms with Crippen LogP contribution in [0.3, 0.4) is 0 Å². The fourth-order valence-corrected chi connectivity index (χ4v) is 2.14. The highest BCUT2D eigenvalue weighted by Crippen LogP contribution is 2.37. The van der Waals surface area contributed by atoms with Gasteiger partial charge in [0.1, 0.15) is 0 Å². The number of para-hydroxylation sites is 1. The summed E-state index contributed by atoms with van der Waals surface area (Å²) in [4.78, 5) is 11.7. The van der Waals surface area contributed by atoms with E-state index in [1.54, 1.807) is 18.2 Å². The van der Waals surface area contributed by atoms with Gasteiger partial charge in [-0.15, -0.1) is 0 Å². The Kier molecular flexibility index (Phi) is 3.75. The van der Waals surface area contributed by atoms with E-state index in [0.29, 0.717) is 22.9 Å². The monoisotopic (exact) mass is 248 g/mol. The van der Waals surface area contributed by atoms with Gasteiger partial charge in [0.15, 0.2) is 0 Å². The third-order valence-electron chi connectivity index (χ3n) is 3.53. The topological polar surface area (TPSA) is 64.3 Å². The Bertz CT molecular complexity index is 441. The predicted octanol–water partition coefficient (Wildman–Crippen LogP) is 2.51. The summed E-state index contributed by atoms with van der Waals surface area (Å²) in [5.41, 5.74) is 7.70. The van der Waals surface area contributed by atoms with Crippen molar-refractivity contribution < 1.29 is 9.53 Å². The number of methoxy groups -OCH3 is 1. The van der Waals surface area contributed by atoms with Crippen molar-refractivity contribution >= 4 is 17.3 Å². The molecule has 0 saturated heterocycles. The van der Waals surface area contributed by atoms with Gasteiger partial charge in [-0.3, -0.25) is 0 Å². The lowest BCUT2D eigenvalue weighted by atomic mass is 10.1. The molecule has 1 aromatic rings. The Morgan fingerprint density at radius 2 is 2.28 bits per heavy atom. The fraction of sp³-hybridized carbons (Fsp3) is 0.500. The number of carbonyl (C=O) groups excluding carboxylic acids is 1. The number of nitrogens with two attached hydrogens (primary N) is 1. The molecule has 1 aromatic carbocycles. The molecule has 1 unspecified atom stereocenters. The van der Waals surface area contributed by atoms with Gasteiger partial charge in [0.25, 0.3) is 0 Å². The Morgan fingerprint density at radius 3 is 2.89 bits per heavy atom. The van der Waals surface area contributed by atoms with Crippen LogP contribution in [0.4, 0.5) is 11.4 Å². The first-order valence-electron chi connectivity index (χ1n) is 6.34. The van der Waals surface area contributed by atoms with Crippen molar-refractivity contribution in [2.75, 3.05) is 24.7 Å². The molecule has 2 rings (SSSR count). The van der Waals surface area contributed by atoms with Crippen molar-refractivity contribution in [1.82, 2.24) is 0 Å². The van der Waals surface area contributed by atoms with Gasteiger partial charge in [0.2, 0.25) is 0 Å². The number of carbonyl (C=O) groups is 1. The normalized spacial score (nSPS) is 16.1. The number of nitrogen functional groups attached to an aromatic ring is 1. The molecule has 1 fully saturated rings. The summed E-state index contributed by atoms with van der Waals surface area (Å²) >= 11 is 0. The van der Waals surface area contributed by atoms with E-state index in [9.17, 15) is 4.79 Å². The molecule has 0 heterocycles. The van der Waals surface area contributed by atoms with Gasteiger partial charge >= 0.3 is 5.97 Å². The van der Waals surface area contributed by atoms with Gasteiger partial charge < -0.3 is 15.8 Å². The molecule has 4 heteroatoms. The second-order valence-corrected chi connectivity index (χ2v) is 4.96. The molecule has 1 saturated carbocycles. The average Bonchev–Trinajstić information content (AvgIpc) is 3.20. The molecule has 1 atom stereocenters. The van der Waals surface area contributed by atoms with Crippen LogP contribution in [0.15, 0.2) is 18.2 Å². The summed E-state index contributed by atoms with van der Waals surface area (Å²) in [6.45, 7) is 3.06. The van der Waals surface area contributed by atoms with Gasteiger partial charge in [0, 0.05) is 6.54 Å². The van der Waals surface area contributed by atoms with Crippen LogP contribution >= 0.6 is 0 Å². The summed E-state index contributed by atoms with van der Waals surface area (Å²) in [5.74, 6) is 1.07. The zero-order valence-corrected chi connectivity index (χ0v) is 10.9. The fourth-order valence-electron chi connectivity index (χ4n) is 2.14. The summed E-state index contributed by atoms with van der Waals surface area (Å²) in [7, 11) is 1.38. The van der Waals surface area contributed by atoms with Crippen molar-refractivity contribution in [2.45, 2.75) is 19.8 Å². The number of anilines is 2. The summed E-state index contributed by atoms with van der Waals surface area (Å²) in [6, 6.07) is 5.28. The van der Waals surface area contributed by atoms with E-state index >= 15 is 0 Å². The van der Waals surface area contributed by atoms with Gasteiger partial charge in [-0.05, 0) is 36.8 Å². The zero-order chi connectivity index (χ0) is 13.1. The third-order valence-corrected chi connectivity index (χ3v) is 3.53. The van der Waals surface area contributed by atoms with Crippen LogP contribution in [0, 0.1) is 11.8 Å². The van der Waals surface area contributed by atoms with Crippen LogP contribution in [-0.2, 0) is 4.74 Å². The molecule has 0 radical (unpaired) electrons. The van der Waals surface area contributed by atoms with Crippen LogP contribution < -0.4 is 11.1 Å². The maximum absolute atomic E-state index is 11.7. The molecule has 1 aliphatic carbocycles. The summed E-state index contributed by atoms with van der Waals surface area (Å²) in [6.07, 6.45) is 2.63. The first-order chi connectivity index (χ1) is 8.63. The number of nitrogens with one attached hydrogen (secondary N) is 1. The van der Waals surface area contributed by atoms with Crippen LogP contribution in [0.1, 0.15) is 30.1 Å². The minimum Gasteiger partial charge on any atom is -0.465 e. The number of hydrogen-bond acceptors (Lipinski definition) is 4. The summed E-state index contributed by atoms with van der Waals surface area (Å²) < 4.78 is 4.76. The van der Waals surface area contributed by atoms with E-state index in [1.807, 2.05) is 0 Å². The first-order valence-corrected chi connectivity index (χ1v) is 6.34. The molecule has 0 aliphatic heterocycles. The molecule has 0 amide bonds. The minimum atomic E-state index is -0.358. The standard InChI is InChI=1S/C14H20N2O2/c1-9(10-6-7-10)8-16-13-11(14(17)18-2)4-3-5-12(13)15/h3-5,9-10,16H,6-8,15H2,1-2H3. The van der Waals surface area contributed by atoms with Crippen molar-refractivity contribution in [2.24, 2.45) is 11.8 Å². The van der Waals surface area contributed by atoms with E-state index in [-0.39, 0.29) is 5.97 Å². The smallest absolute Gasteiger partial charge is 0.340 e. The number of hydrogen-bond donors (Lipinski definition) is 2. The Labute approximate surface area is 108 Å². The molecule has 0 aromatic heterocycles. The number of ether oxygens (including phenoxy) is 1. The molecule has 98 valence electrons. The van der Waals surface area contributed by atoms with Crippen molar-refractivity contribution in [3.63, 3.8) is 0 Å². The van der Waals surface area contributed by atoms with E-state index in [2.05, 4.69) is 12.2 Å². The van der Waals surface area contributed by atoms with E-state index < -0.39 is 0 Å². The van der Waals surface area contributed by atoms with Crippen LogP contribution in [0.2, 0.25) is 0 Å². The van der Waals surface area contributed by atoms with Crippen molar-refractivity contribution in [3.05, 3.63) is 23.8 Å². The minimum absolute atomic E-state index is 0.358. The van der Waals surface area contributed by atoms with E-state index in [1.165, 1.54) is 20.0 Å². The van der Waals surface area contributed by atoms with Crippen LogP contribution in [0.5, 0.6) is 0 Å². The average molecular weight is 248 g/mol. The highest BCUT2D eigenvalue weighted by Gasteiger charge is 2.28. The summed E-state index contributed by atoms with van der Waals surface area (Å²) in [5, 5.41) is 3.29. The predicted molar refractivity (Wildman–Crippen MR) is 72.6 cm³/mol. The molecule has 18 heavy (non-hydrogen) atoms. The van der Waals surface area contributed by atoms with E-state index in [4.69, 9.17) is 10.5 Å². The maximum Gasteiger partial charge on any atom is 0.340 e. The highest BCUT2D eigenvalue weighted by atomic mass is 16.5. The van der Waals surface area contributed by atoms with Gasteiger partial charge in [-0.25, -0.2) is 4.79 Å². The zero-order valence-electron chi connectivity index (χ0n) is 10.9. The van der Waals surface area contributed by atoms with Crippen molar-refractivity contribution in [1.29, 1.82) is 0 Å². The molecule has 0 bridgehead atoms. The largest absolute Gasteiger partial charge is 0.465 e. The molecular formula is C14H20N2O2. The molecular weight excluding hydrogens is 228 g/mol. The molecule has 0 spiro atoms. The lowest BCUT2D eigenvalue weighted by Crippen LogP contribution is -2.16. The third kappa shape index (κ3) is 2.75. The van der Waals surface area contributed by atoms with E-state index in [0.717, 1.165) is 12.5 Å². The molecule has 4 nitrogen and oxygen atoms in total. The van der Waals surface area contributed by atoms with Gasteiger partial charge in [0.05, 0.1) is 24.0 Å². The molecule has 1 aliphatic rings. The Morgan fingerprint density at radius 1 is 1.56 bits per heavy atom. The second-order valence-electron chi connectivity index (χ2n) is 4.96. The van der Waals surface area contributed by atoms with Gasteiger partial charge in [-0.1, -0.05) is 13.0 Å². The Balaban J connectivity index is 2.11. The second kappa shape index (κ2) is 5.29. The van der Waals surface area contributed by atoms with Gasteiger partial charge in [-0.2, -0.15) is 0 Å². The SMILES string of the molecule is COC(=O)c1cccc(N)c1NCC(C)C1CC1. The van der Waals surface area contributed by atoms with Crippen LogP contribution in [-0.4, -0.2) is 19.6 Å². The quantitative estimate of drug-likeness (QED) is 0.620. The number of rotatable bonds is 5. The highest BCUT2D eigenvalue weighted by molar-refractivity contribution is 5.98. The molecule has 3 N–H and O–H groups in total.